The first kappa shape index (κ1) is 30.5. The lowest BCUT2D eigenvalue weighted by Gasteiger charge is -2.61. The molecule has 1 aliphatic heterocycles. The summed E-state index contributed by atoms with van der Waals surface area (Å²) in [6, 6.07) is 57.7. The Labute approximate surface area is 402 Å². The summed E-state index contributed by atoms with van der Waals surface area (Å²) in [5, 5.41) is 3.48. The maximum absolute atomic E-state index is 10.9. The first-order valence-electron chi connectivity index (χ1n) is 28.7. The van der Waals surface area contributed by atoms with Crippen molar-refractivity contribution in [3.05, 3.63) is 187 Å². The monoisotopic (exact) mass is 908 g/mol. The third-order valence-electron chi connectivity index (χ3n) is 15.3. The second-order valence-corrected chi connectivity index (χ2v) is 29.6. The minimum absolute atomic E-state index is 0.0147. The zero-order valence-corrected chi connectivity index (χ0v) is 39.6. The molecule has 0 bridgehead atoms. The van der Waals surface area contributed by atoms with Gasteiger partial charge in [0.2, 0.25) is 5.78 Å². The van der Waals surface area contributed by atoms with Crippen LogP contribution < -0.4 is 25.5 Å². The first-order valence-corrected chi connectivity index (χ1v) is 29.7. The quantitative estimate of drug-likeness (QED) is 0.107. The molecule has 4 nitrogen and oxygen atoms in total. The first-order chi connectivity index (χ1) is 36.2. The normalized spacial score (nSPS) is 23.1. The van der Waals surface area contributed by atoms with Crippen LogP contribution in [-0.2, 0) is 4.66 Å². The third-order valence-corrected chi connectivity index (χ3v) is 29.9. The van der Waals surface area contributed by atoms with Crippen molar-refractivity contribution >= 4 is 72.8 Å². The molecule has 0 amide bonds. The van der Waals surface area contributed by atoms with Gasteiger partial charge in [0.25, 0.3) is 0 Å². The van der Waals surface area contributed by atoms with Gasteiger partial charge in [-0.1, -0.05) is 211 Å². The SMILES string of the molecule is [2H]C([2H])([2H])[Si](C)(C1([2H])CCCC1)C1([Si](C([2H])([2H])[2H])(C([2H])([2H])[2H])C2([2H])CCCC2)c2ccccc2Oc2c1cccc2[Si](c1ccccc1)(c1ccccc1)c1cccc(-n2c3ccccc3n3c4ccccc4nc23)c1. The molecule has 2 unspecified atom stereocenters. The summed E-state index contributed by atoms with van der Waals surface area (Å²) >= 11 is 0. The van der Waals surface area contributed by atoms with Crippen LogP contribution in [0.1, 0.15) is 77.6 Å². The van der Waals surface area contributed by atoms with Gasteiger partial charge in [-0.3, -0.25) is 8.97 Å². The van der Waals surface area contributed by atoms with E-state index >= 15 is 0 Å². The molecule has 2 fully saturated rings. The molecule has 3 aliphatic rings. The number of hydrogen-bond acceptors (Lipinski definition) is 2. The summed E-state index contributed by atoms with van der Waals surface area (Å²) in [5.74, 6) is 1.12. The van der Waals surface area contributed by atoms with Crippen molar-refractivity contribution < 1.29 is 19.8 Å². The molecule has 0 spiro atoms. The summed E-state index contributed by atoms with van der Waals surface area (Å²) in [5.41, 5.74) is 1.15. The fraction of sp³-hybridized carbons (Fsp3) is 0.259. The van der Waals surface area contributed by atoms with E-state index in [2.05, 4.69) is 75.7 Å². The molecule has 3 heterocycles. The predicted octanol–water partition coefficient (Wildman–Crippen LogP) is 12.6. The lowest BCUT2D eigenvalue weighted by atomic mass is 9.98. The summed E-state index contributed by atoms with van der Waals surface area (Å²) in [6.07, 6.45) is 2.23. The molecule has 2 aromatic heterocycles. The molecule has 65 heavy (non-hydrogen) atoms. The molecule has 2 saturated carbocycles. The minimum Gasteiger partial charge on any atom is -0.457 e. The number of benzene rings is 7. The molecular formula is C58H59N3OSi3. The van der Waals surface area contributed by atoms with Gasteiger partial charge in [0, 0.05) is 36.6 Å². The molecular weight excluding hydrogens is 839 g/mol. The highest BCUT2D eigenvalue weighted by Crippen LogP contribution is 2.64. The maximum Gasteiger partial charge on any atom is 0.220 e. The second kappa shape index (κ2) is 15.4. The van der Waals surface area contributed by atoms with E-state index in [1.807, 2.05) is 78.9 Å². The topological polar surface area (TPSA) is 31.5 Å². The zero-order valence-electron chi connectivity index (χ0n) is 47.6. The Bertz CT molecular complexity index is 3640. The third kappa shape index (κ3) is 5.74. The number of imidazole rings is 2. The highest BCUT2D eigenvalue weighted by atomic mass is 28.4. The van der Waals surface area contributed by atoms with Gasteiger partial charge in [0.1, 0.15) is 11.5 Å². The molecule has 12 rings (SSSR count). The van der Waals surface area contributed by atoms with E-state index in [1.54, 1.807) is 36.9 Å². The van der Waals surface area contributed by atoms with Crippen molar-refractivity contribution in [3.63, 3.8) is 0 Å². The molecule has 324 valence electrons. The van der Waals surface area contributed by atoms with E-state index in [9.17, 15) is 15.1 Å². The van der Waals surface area contributed by atoms with Crippen LogP contribution in [0.2, 0.25) is 37.0 Å². The van der Waals surface area contributed by atoms with Crippen molar-refractivity contribution in [2.75, 3.05) is 0 Å². The van der Waals surface area contributed by atoms with Crippen LogP contribution in [0, 0.1) is 0 Å². The van der Waals surface area contributed by atoms with Crippen molar-refractivity contribution in [3.8, 4) is 17.2 Å². The zero-order chi connectivity index (χ0) is 53.3. The number of hydrogen-bond donors (Lipinski definition) is 0. The Morgan fingerprint density at radius 1 is 0.569 bits per heavy atom. The minimum atomic E-state index is -5.76. The van der Waals surface area contributed by atoms with Crippen molar-refractivity contribution in [1.82, 2.24) is 14.0 Å². The summed E-state index contributed by atoms with van der Waals surface area (Å²) in [6.45, 7) is -8.05. The lowest BCUT2D eigenvalue weighted by Crippen LogP contribution is -2.75. The summed E-state index contributed by atoms with van der Waals surface area (Å²) in [7, 11) is -14.6. The molecule has 0 N–H and O–H groups in total. The Hall–Kier alpha value is -5.74. The second-order valence-electron chi connectivity index (χ2n) is 18.6. The Balaban J connectivity index is 1.28. The van der Waals surface area contributed by atoms with Gasteiger partial charge in [-0.05, 0) is 74.2 Å². The van der Waals surface area contributed by atoms with Gasteiger partial charge in [0.05, 0.1) is 38.2 Å². The van der Waals surface area contributed by atoms with Gasteiger partial charge >= 0.3 is 0 Å². The number of para-hydroxylation sites is 6. The van der Waals surface area contributed by atoms with Crippen molar-refractivity contribution in [1.29, 1.82) is 0 Å². The summed E-state index contributed by atoms with van der Waals surface area (Å²) < 4.78 is 122. The van der Waals surface area contributed by atoms with Crippen LogP contribution in [0.25, 0.3) is 33.5 Å². The molecule has 2 aliphatic carbocycles. The van der Waals surface area contributed by atoms with Gasteiger partial charge in [-0.25, -0.2) is 4.98 Å². The van der Waals surface area contributed by atoms with E-state index in [0.717, 1.165) is 49.1 Å². The van der Waals surface area contributed by atoms with E-state index in [1.165, 1.54) is 0 Å². The van der Waals surface area contributed by atoms with Crippen LogP contribution in [0.15, 0.2) is 176 Å². The smallest absolute Gasteiger partial charge is 0.220 e. The Morgan fingerprint density at radius 3 is 1.82 bits per heavy atom. The Kier molecular flexibility index (Phi) is 7.23. The van der Waals surface area contributed by atoms with Gasteiger partial charge in [-0.2, -0.15) is 0 Å². The molecule has 0 saturated heterocycles. The van der Waals surface area contributed by atoms with Crippen LogP contribution in [0.5, 0.6) is 11.5 Å². The molecule has 2 atom stereocenters. The number of rotatable bonds is 9. The van der Waals surface area contributed by atoms with Gasteiger partial charge in [-0.15, -0.1) is 0 Å². The fourth-order valence-corrected chi connectivity index (χ4v) is 27.7. The number of nitrogens with zero attached hydrogens (tertiary/aromatic N) is 3. The molecule has 7 heteroatoms. The van der Waals surface area contributed by atoms with Crippen LogP contribution in [0.4, 0.5) is 0 Å². The number of ether oxygens (including phenoxy) is 1. The molecule has 9 aromatic rings. The van der Waals surface area contributed by atoms with Crippen LogP contribution >= 0.6 is 0 Å². The van der Waals surface area contributed by atoms with E-state index in [4.69, 9.17) is 9.72 Å². The van der Waals surface area contributed by atoms with E-state index < -0.39 is 59.3 Å². The fourth-order valence-electron chi connectivity index (χ4n) is 12.5. The number of aromatic nitrogens is 3. The van der Waals surface area contributed by atoms with Crippen LogP contribution in [0.3, 0.4) is 0 Å². The summed E-state index contributed by atoms with van der Waals surface area (Å²) in [4.78, 5) is 5.23. The largest absolute Gasteiger partial charge is 0.457 e. The van der Waals surface area contributed by atoms with E-state index in [0.29, 0.717) is 30.9 Å². The maximum atomic E-state index is 10.9. The Morgan fingerprint density at radius 2 is 1.12 bits per heavy atom. The van der Waals surface area contributed by atoms with E-state index in [-0.39, 0.29) is 48.3 Å². The van der Waals surface area contributed by atoms with Crippen molar-refractivity contribution in [2.24, 2.45) is 0 Å². The average molecular weight is 909 g/mol. The van der Waals surface area contributed by atoms with Gasteiger partial charge in [0.15, 0.2) is 8.07 Å². The highest BCUT2D eigenvalue weighted by molar-refractivity contribution is 7.20. The highest BCUT2D eigenvalue weighted by Gasteiger charge is 2.66. The molecule has 0 radical (unpaired) electrons. The lowest BCUT2D eigenvalue weighted by molar-refractivity contribution is 0.449. The van der Waals surface area contributed by atoms with Crippen molar-refractivity contribution in [2.45, 2.75) is 93.0 Å². The number of fused-ring (bicyclic) bond motifs is 7. The molecule has 7 aromatic carbocycles. The van der Waals surface area contributed by atoms with Gasteiger partial charge < -0.3 is 4.74 Å². The standard InChI is InChI=1S/C58H59N3OSi3/c1-63(2,43-24-11-12-25-43)58(64(3,4)44-26-13-14-27-44)48-33-15-20-39-54(48)62-56-49(58)34-22-40-55(56)65(45-28-7-5-8-29-45,46-30-9-6-10-31-46)47-32-21-23-42(41-47)60-52-37-18-19-38-53(52)61-51-36-17-16-35-50(51)59-57(60)61/h5-10,15-23,28-41,43-44H,11-14,24-27H2,1-4H3/i1D3,2D3,3D3,43D,44D. The van der Waals surface area contributed by atoms with Crippen LogP contribution in [-0.4, -0.2) is 38.2 Å². The average Bonchev–Trinajstić information content (AvgIpc) is 4.32. The predicted molar refractivity (Wildman–Crippen MR) is 280 cm³/mol.